The number of rotatable bonds is 1. The molecule has 0 spiro atoms. The average Bonchev–Trinajstić information content (AvgIpc) is 2.95. The van der Waals surface area contributed by atoms with E-state index in [0.717, 1.165) is 16.7 Å². The van der Waals surface area contributed by atoms with Gasteiger partial charge in [-0.25, -0.2) is 4.79 Å². The highest BCUT2D eigenvalue weighted by molar-refractivity contribution is 5.96. The molecule has 6 heteroatoms. The monoisotopic (exact) mass is 414 g/mol. The zero-order valence-electron chi connectivity index (χ0n) is 18.4. The molecular formula is C24H30O6. The third-order valence-electron chi connectivity index (χ3n) is 5.32. The number of ketones is 1. The first-order valence-electron chi connectivity index (χ1n) is 10.2. The van der Waals surface area contributed by atoms with Gasteiger partial charge in [-0.1, -0.05) is 29.8 Å². The van der Waals surface area contributed by atoms with Gasteiger partial charge in [0.2, 0.25) is 0 Å². The summed E-state index contributed by atoms with van der Waals surface area (Å²) >= 11 is 0. The van der Waals surface area contributed by atoms with Crippen molar-refractivity contribution in [2.45, 2.75) is 71.2 Å². The number of cyclic esters (lactones) is 1. The molecule has 1 aromatic carbocycles. The third kappa shape index (κ3) is 4.89. The molecule has 3 rings (SSSR count). The van der Waals surface area contributed by atoms with Crippen LogP contribution in [-0.4, -0.2) is 49.1 Å². The quantitative estimate of drug-likeness (QED) is 0.649. The van der Waals surface area contributed by atoms with Crippen LogP contribution in [0.4, 0.5) is 0 Å². The predicted molar refractivity (Wildman–Crippen MR) is 113 cm³/mol. The van der Waals surface area contributed by atoms with Crippen LogP contribution in [0.15, 0.2) is 30.4 Å². The number of ether oxygens (including phenoxy) is 4. The van der Waals surface area contributed by atoms with Gasteiger partial charge in [-0.3, -0.25) is 4.79 Å². The summed E-state index contributed by atoms with van der Waals surface area (Å²) < 4.78 is 23.0. The first-order chi connectivity index (χ1) is 14.1. The summed E-state index contributed by atoms with van der Waals surface area (Å²) in [4.78, 5) is 25.8. The van der Waals surface area contributed by atoms with E-state index >= 15 is 0 Å². The molecule has 0 unspecified atom stereocenters. The number of fused-ring (bicyclic) bond motifs is 2. The second-order valence-electron chi connectivity index (χ2n) is 8.35. The van der Waals surface area contributed by atoms with Crippen LogP contribution in [0.1, 0.15) is 54.2 Å². The van der Waals surface area contributed by atoms with Crippen molar-refractivity contribution in [1.82, 2.24) is 0 Å². The molecule has 0 aromatic heterocycles. The molecule has 162 valence electrons. The maximum atomic E-state index is 13.0. The fraction of sp³-hybridized carbons (Fsp3) is 0.500. The molecule has 0 amide bonds. The first-order valence-corrected chi connectivity index (χ1v) is 10.2. The van der Waals surface area contributed by atoms with Gasteiger partial charge in [0.25, 0.3) is 0 Å². The number of aryl methyl sites for hydroxylation is 2. The number of carbonyl (C=O) groups excluding carboxylic acids is 2. The topological polar surface area (TPSA) is 71.1 Å². The van der Waals surface area contributed by atoms with Crippen LogP contribution < -0.4 is 0 Å². The van der Waals surface area contributed by atoms with Crippen LogP contribution in [-0.2, 0) is 23.7 Å². The van der Waals surface area contributed by atoms with Gasteiger partial charge in [-0.2, -0.15) is 0 Å². The van der Waals surface area contributed by atoms with E-state index in [9.17, 15) is 9.59 Å². The number of hydrogen-bond donors (Lipinski definition) is 0. The lowest BCUT2D eigenvalue weighted by Crippen LogP contribution is -2.32. The fourth-order valence-electron chi connectivity index (χ4n) is 3.99. The second-order valence-corrected chi connectivity index (χ2v) is 8.35. The number of hydrogen-bond acceptors (Lipinski definition) is 6. The van der Waals surface area contributed by atoms with Gasteiger partial charge in [0.1, 0.15) is 18.3 Å². The standard InChI is InChI=1S/C24H30O6/c1-14-12-15(2)21-17(13-14)8-7-9-20-22(30-24(4,5)29-20)18(25)10-11-19(27-6)16(3)28-23(21)26/h7-8,10-13,16,19-20,22H,9H2,1-6H3/b8-7+,11-10-/t16-,19+,20-,22+/m0/s1. The van der Waals surface area contributed by atoms with Crippen LogP contribution in [0.3, 0.4) is 0 Å². The zero-order chi connectivity index (χ0) is 22.1. The molecule has 0 radical (unpaired) electrons. The minimum Gasteiger partial charge on any atom is -0.456 e. The van der Waals surface area contributed by atoms with Gasteiger partial charge >= 0.3 is 5.97 Å². The molecule has 6 nitrogen and oxygen atoms in total. The second kappa shape index (κ2) is 8.84. The van der Waals surface area contributed by atoms with E-state index in [2.05, 4.69) is 0 Å². The van der Waals surface area contributed by atoms with E-state index in [1.54, 1.807) is 26.8 Å². The molecule has 2 heterocycles. The molecule has 4 atom stereocenters. The predicted octanol–water partition coefficient (Wildman–Crippen LogP) is 3.93. The van der Waals surface area contributed by atoms with Crippen molar-refractivity contribution in [3.8, 4) is 0 Å². The van der Waals surface area contributed by atoms with Gasteiger partial charge in [0.05, 0.1) is 11.7 Å². The molecule has 0 N–H and O–H groups in total. The highest BCUT2D eigenvalue weighted by atomic mass is 16.8. The number of esters is 1. The summed E-state index contributed by atoms with van der Waals surface area (Å²) in [7, 11) is 1.51. The van der Waals surface area contributed by atoms with E-state index in [-0.39, 0.29) is 5.78 Å². The van der Waals surface area contributed by atoms with Crippen molar-refractivity contribution >= 4 is 17.8 Å². The molecule has 0 aliphatic carbocycles. The Morgan fingerprint density at radius 2 is 1.83 bits per heavy atom. The lowest BCUT2D eigenvalue weighted by molar-refractivity contribution is -0.152. The summed E-state index contributed by atoms with van der Waals surface area (Å²) in [6.45, 7) is 9.21. The Kier molecular flexibility index (Phi) is 6.60. The van der Waals surface area contributed by atoms with Crippen molar-refractivity contribution < 1.29 is 28.5 Å². The van der Waals surface area contributed by atoms with Crippen LogP contribution in [0.25, 0.3) is 6.08 Å². The van der Waals surface area contributed by atoms with E-state index in [4.69, 9.17) is 18.9 Å². The van der Waals surface area contributed by atoms with Crippen LogP contribution >= 0.6 is 0 Å². The molecule has 1 aromatic rings. The maximum absolute atomic E-state index is 13.0. The van der Waals surface area contributed by atoms with Crippen molar-refractivity contribution in [1.29, 1.82) is 0 Å². The number of methoxy groups -OCH3 is 1. The van der Waals surface area contributed by atoms with Crippen molar-refractivity contribution in [3.63, 3.8) is 0 Å². The molecular weight excluding hydrogens is 384 g/mol. The van der Waals surface area contributed by atoms with Gasteiger partial charge in [0.15, 0.2) is 11.6 Å². The smallest absolute Gasteiger partial charge is 0.339 e. The Hall–Kier alpha value is -2.28. The van der Waals surface area contributed by atoms with E-state index < -0.39 is 36.2 Å². The number of benzene rings is 1. The summed E-state index contributed by atoms with van der Waals surface area (Å²) in [5.74, 6) is -1.47. The minimum absolute atomic E-state index is 0.205. The van der Waals surface area contributed by atoms with Crippen LogP contribution in [0.5, 0.6) is 0 Å². The van der Waals surface area contributed by atoms with Crippen molar-refractivity contribution in [2.75, 3.05) is 7.11 Å². The summed E-state index contributed by atoms with van der Waals surface area (Å²) in [6, 6.07) is 3.91. The summed E-state index contributed by atoms with van der Waals surface area (Å²) in [5, 5.41) is 0. The van der Waals surface area contributed by atoms with E-state index in [1.807, 2.05) is 38.1 Å². The van der Waals surface area contributed by atoms with E-state index in [0.29, 0.717) is 12.0 Å². The van der Waals surface area contributed by atoms with Crippen LogP contribution in [0, 0.1) is 13.8 Å². The first kappa shape index (κ1) is 22.4. The molecule has 2 aliphatic rings. The third-order valence-corrected chi connectivity index (χ3v) is 5.32. The highest BCUT2D eigenvalue weighted by Crippen LogP contribution is 2.31. The Bertz CT molecular complexity index is 882. The Labute approximate surface area is 177 Å². The normalized spacial score (nSPS) is 31.3. The molecule has 2 aliphatic heterocycles. The van der Waals surface area contributed by atoms with Crippen LogP contribution in [0.2, 0.25) is 0 Å². The van der Waals surface area contributed by atoms with Gasteiger partial charge < -0.3 is 18.9 Å². The van der Waals surface area contributed by atoms with Gasteiger partial charge in [0, 0.05) is 7.11 Å². The molecule has 1 saturated heterocycles. The lowest BCUT2D eigenvalue weighted by atomic mass is 9.97. The average molecular weight is 414 g/mol. The molecule has 0 bridgehead atoms. The maximum Gasteiger partial charge on any atom is 0.339 e. The SMILES string of the molecule is CO[C@@H]1/C=C\C(=O)[C@H]2OC(C)(C)O[C@H]2C/C=C/c2cc(C)cc(C)c2C(=O)O[C@H]1C. The Morgan fingerprint density at radius 3 is 2.53 bits per heavy atom. The largest absolute Gasteiger partial charge is 0.456 e. The fourth-order valence-corrected chi connectivity index (χ4v) is 3.99. The highest BCUT2D eigenvalue weighted by Gasteiger charge is 2.43. The van der Waals surface area contributed by atoms with Crippen molar-refractivity contribution in [2.24, 2.45) is 0 Å². The van der Waals surface area contributed by atoms with Gasteiger partial charge in [-0.15, -0.1) is 0 Å². The molecule has 1 fully saturated rings. The van der Waals surface area contributed by atoms with E-state index in [1.165, 1.54) is 13.2 Å². The zero-order valence-corrected chi connectivity index (χ0v) is 18.4. The summed E-state index contributed by atoms with van der Waals surface area (Å²) in [5.41, 5.74) is 3.19. The lowest BCUT2D eigenvalue weighted by Gasteiger charge is -2.22. The summed E-state index contributed by atoms with van der Waals surface area (Å²) in [6.07, 6.45) is 5.02. The Balaban J connectivity index is 2.04. The molecule has 30 heavy (non-hydrogen) atoms. The van der Waals surface area contributed by atoms with Gasteiger partial charge in [-0.05, 0) is 64.3 Å². The number of carbonyl (C=O) groups is 2. The molecule has 0 saturated carbocycles. The van der Waals surface area contributed by atoms with Crippen molar-refractivity contribution in [3.05, 3.63) is 52.6 Å². The minimum atomic E-state index is -0.848. The Morgan fingerprint density at radius 1 is 1.10 bits per heavy atom.